The number of aliphatic hydroxyl groups excluding tert-OH is 1. The number of urea groups is 1. The van der Waals surface area contributed by atoms with Gasteiger partial charge in [0.1, 0.15) is 6.04 Å². The summed E-state index contributed by atoms with van der Waals surface area (Å²) in [6.07, 6.45) is -0.819. The number of carbonyl (C=O) groups excluding carboxylic acids is 1. The minimum absolute atomic E-state index is 0.0180. The van der Waals surface area contributed by atoms with Crippen molar-refractivity contribution in [1.82, 2.24) is 4.90 Å². The first-order chi connectivity index (χ1) is 9.38. The predicted octanol–water partition coefficient (Wildman–Crippen LogP) is 2.05. The Hall–Kier alpha value is -1.50. The van der Waals surface area contributed by atoms with Gasteiger partial charge in [0.15, 0.2) is 0 Å². The number of β-amino-alcohol motifs (C(OH)–C–C–N with tert-alkyl or cyclic N) is 1. The second-order valence-electron chi connectivity index (χ2n) is 4.45. The second kappa shape index (κ2) is 5.87. The summed E-state index contributed by atoms with van der Waals surface area (Å²) in [5, 5.41) is 21.7. The zero-order chi connectivity index (χ0) is 14.9. The van der Waals surface area contributed by atoms with Crippen LogP contribution in [-0.4, -0.2) is 45.8 Å². The third-order valence-electron chi connectivity index (χ3n) is 3.00. The van der Waals surface area contributed by atoms with Crippen LogP contribution in [0, 0.1) is 0 Å². The lowest BCUT2D eigenvalue weighted by atomic mass is 10.2. The summed E-state index contributed by atoms with van der Waals surface area (Å²) in [4.78, 5) is 24.2. The Labute approximate surface area is 124 Å². The van der Waals surface area contributed by atoms with Crippen LogP contribution in [-0.2, 0) is 4.79 Å². The van der Waals surface area contributed by atoms with Gasteiger partial charge in [0, 0.05) is 18.7 Å². The molecule has 1 saturated heterocycles. The molecular formula is C12H12Cl2N2O4. The molecule has 108 valence electrons. The van der Waals surface area contributed by atoms with E-state index in [1.807, 2.05) is 0 Å². The topological polar surface area (TPSA) is 89.9 Å². The van der Waals surface area contributed by atoms with E-state index in [2.05, 4.69) is 5.32 Å². The number of nitrogens with one attached hydrogen (secondary N) is 1. The fourth-order valence-electron chi connectivity index (χ4n) is 2.04. The van der Waals surface area contributed by atoms with Crippen molar-refractivity contribution in [3.8, 4) is 0 Å². The van der Waals surface area contributed by atoms with Crippen LogP contribution in [0.25, 0.3) is 0 Å². The van der Waals surface area contributed by atoms with Crippen LogP contribution in [0.1, 0.15) is 6.42 Å². The van der Waals surface area contributed by atoms with Crippen LogP contribution in [0.15, 0.2) is 18.2 Å². The van der Waals surface area contributed by atoms with E-state index in [4.69, 9.17) is 28.3 Å². The van der Waals surface area contributed by atoms with Crippen LogP contribution >= 0.6 is 23.2 Å². The lowest BCUT2D eigenvalue weighted by molar-refractivity contribution is -0.141. The normalized spacial score (nSPS) is 21.9. The Morgan fingerprint density at radius 1 is 1.30 bits per heavy atom. The first kappa shape index (κ1) is 14.9. The smallest absolute Gasteiger partial charge is 0.326 e. The number of aliphatic hydroxyl groups is 1. The summed E-state index contributed by atoms with van der Waals surface area (Å²) >= 11 is 11.6. The monoisotopic (exact) mass is 318 g/mol. The number of nitrogens with zero attached hydrogens (tertiary/aromatic N) is 1. The molecule has 6 nitrogen and oxygen atoms in total. The average Bonchev–Trinajstić information content (AvgIpc) is 2.76. The number of hydrogen-bond donors (Lipinski definition) is 3. The van der Waals surface area contributed by atoms with E-state index < -0.39 is 24.1 Å². The van der Waals surface area contributed by atoms with E-state index in [9.17, 15) is 14.7 Å². The standard InChI is InChI=1S/C12H12Cl2N2O4/c13-8-2-1-6(3-9(8)14)15-12(20)16-5-7(17)4-10(16)11(18)19/h1-3,7,10,17H,4-5H2,(H,15,20)(H,18,19)/t7?,10-/m0/s1. The van der Waals surface area contributed by atoms with Crippen LogP contribution in [0.3, 0.4) is 0 Å². The summed E-state index contributed by atoms with van der Waals surface area (Å²) in [6, 6.07) is 2.89. The lowest BCUT2D eigenvalue weighted by Gasteiger charge is -2.21. The summed E-state index contributed by atoms with van der Waals surface area (Å²) in [5.41, 5.74) is 0.398. The molecular weight excluding hydrogens is 307 g/mol. The molecule has 1 fully saturated rings. The van der Waals surface area contributed by atoms with Crippen LogP contribution < -0.4 is 5.32 Å². The molecule has 0 aromatic heterocycles. The number of carbonyl (C=O) groups is 2. The minimum Gasteiger partial charge on any atom is -0.480 e. The van der Waals surface area contributed by atoms with Crippen molar-refractivity contribution in [3.63, 3.8) is 0 Å². The zero-order valence-electron chi connectivity index (χ0n) is 10.2. The van der Waals surface area contributed by atoms with Gasteiger partial charge in [0.2, 0.25) is 0 Å². The molecule has 20 heavy (non-hydrogen) atoms. The van der Waals surface area contributed by atoms with Gasteiger partial charge in [-0.2, -0.15) is 0 Å². The molecule has 1 aliphatic heterocycles. The maximum Gasteiger partial charge on any atom is 0.326 e. The number of aliphatic carboxylic acids is 1. The van der Waals surface area contributed by atoms with Gasteiger partial charge in [-0.3, -0.25) is 0 Å². The molecule has 1 heterocycles. The molecule has 8 heteroatoms. The maximum atomic E-state index is 12.0. The number of amides is 2. The Bertz CT molecular complexity index is 552. The number of halogens is 2. The third kappa shape index (κ3) is 3.15. The first-order valence-corrected chi connectivity index (χ1v) is 6.57. The van der Waals surface area contributed by atoms with E-state index in [-0.39, 0.29) is 18.0 Å². The Balaban J connectivity index is 2.11. The molecule has 1 aromatic carbocycles. The number of carboxylic acids is 1. The summed E-state index contributed by atoms with van der Waals surface area (Å²) in [7, 11) is 0. The first-order valence-electron chi connectivity index (χ1n) is 5.82. The van der Waals surface area contributed by atoms with Gasteiger partial charge < -0.3 is 20.4 Å². The van der Waals surface area contributed by atoms with Crippen molar-refractivity contribution in [1.29, 1.82) is 0 Å². The molecule has 2 amide bonds. The Kier molecular flexibility index (Phi) is 4.37. The Morgan fingerprint density at radius 3 is 2.60 bits per heavy atom. The number of carboxylic acid groups (broad SMARTS) is 1. The summed E-state index contributed by atoms with van der Waals surface area (Å²) in [5.74, 6) is -1.15. The molecule has 0 aliphatic carbocycles. The van der Waals surface area contributed by atoms with E-state index >= 15 is 0 Å². The van der Waals surface area contributed by atoms with Crippen molar-refractivity contribution in [2.45, 2.75) is 18.6 Å². The van der Waals surface area contributed by atoms with E-state index in [0.29, 0.717) is 10.7 Å². The highest BCUT2D eigenvalue weighted by molar-refractivity contribution is 6.42. The molecule has 1 unspecified atom stereocenters. The highest BCUT2D eigenvalue weighted by atomic mass is 35.5. The molecule has 1 aliphatic rings. The van der Waals surface area contributed by atoms with E-state index in [1.165, 1.54) is 12.1 Å². The average molecular weight is 319 g/mol. The fourth-order valence-corrected chi connectivity index (χ4v) is 2.34. The highest BCUT2D eigenvalue weighted by Crippen LogP contribution is 2.26. The van der Waals surface area contributed by atoms with Gasteiger partial charge in [-0.1, -0.05) is 23.2 Å². The largest absolute Gasteiger partial charge is 0.480 e. The second-order valence-corrected chi connectivity index (χ2v) is 5.27. The van der Waals surface area contributed by atoms with Crippen molar-refractivity contribution < 1.29 is 19.8 Å². The van der Waals surface area contributed by atoms with Crippen molar-refractivity contribution >= 4 is 40.9 Å². The SMILES string of the molecule is O=C(O)[C@@H]1CC(O)CN1C(=O)Nc1ccc(Cl)c(Cl)c1. The van der Waals surface area contributed by atoms with Crippen LogP contribution in [0.4, 0.5) is 10.5 Å². The van der Waals surface area contributed by atoms with Crippen LogP contribution in [0.2, 0.25) is 10.0 Å². The summed E-state index contributed by atoms with van der Waals surface area (Å²) in [6.45, 7) is -0.0237. The lowest BCUT2D eigenvalue weighted by Crippen LogP contribution is -2.43. The van der Waals surface area contributed by atoms with Gasteiger partial charge in [0.05, 0.1) is 16.1 Å². The van der Waals surface area contributed by atoms with Crippen LogP contribution in [0.5, 0.6) is 0 Å². The molecule has 0 radical (unpaired) electrons. The Morgan fingerprint density at radius 2 is 2.00 bits per heavy atom. The molecule has 0 spiro atoms. The van der Waals surface area contributed by atoms with Crippen molar-refractivity contribution in [3.05, 3.63) is 28.2 Å². The summed E-state index contributed by atoms with van der Waals surface area (Å²) < 4.78 is 0. The molecule has 3 N–H and O–H groups in total. The molecule has 2 atom stereocenters. The predicted molar refractivity (Wildman–Crippen MR) is 74.2 cm³/mol. The van der Waals surface area contributed by atoms with E-state index in [0.717, 1.165) is 4.90 Å². The molecule has 0 saturated carbocycles. The van der Waals surface area contributed by atoms with Gasteiger partial charge in [-0.25, -0.2) is 9.59 Å². The number of anilines is 1. The number of benzene rings is 1. The fraction of sp³-hybridized carbons (Fsp3) is 0.333. The third-order valence-corrected chi connectivity index (χ3v) is 3.73. The van der Waals surface area contributed by atoms with Gasteiger partial charge in [-0.15, -0.1) is 0 Å². The van der Waals surface area contributed by atoms with E-state index in [1.54, 1.807) is 6.07 Å². The number of hydrogen-bond acceptors (Lipinski definition) is 3. The van der Waals surface area contributed by atoms with Gasteiger partial charge in [-0.05, 0) is 18.2 Å². The zero-order valence-corrected chi connectivity index (χ0v) is 11.7. The highest BCUT2D eigenvalue weighted by Gasteiger charge is 2.38. The quantitative estimate of drug-likeness (QED) is 0.778. The number of likely N-dealkylation sites (tertiary alicyclic amines) is 1. The molecule has 2 rings (SSSR count). The van der Waals surface area contributed by atoms with Crippen molar-refractivity contribution in [2.75, 3.05) is 11.9 Å². The minimum atomic E-state index is -1.15. The molecule has 0 bridgehead atoms. The van der Waals surface area contributed by atoms with Gasteiger partial charge in [0.25, 0.3) is 0 Å². The van der Waals surface area contributed by atoms with Gasteiger partial charge >= 0.3 is 12.0 Å². The molecule has 1 aromatic rings. The van der Waals surface area contributed by atoms with Crippen molar-refractivity contribution in [2.24, 2.45) is 0 Å². The maximum absolute atomic E-state index is 12.0. The number of rotatable bonds is 2.